The molecule has 22 heavy (non-hydrogen) atoms. The van der Waals surface area contributed by atoms with Gasteiger partial charge < -0.3 is 9.05 Å². The van der Waals surface area contributed by atoms with E-state index in [1.807, 2.05) is 36.4 Å². The van der Waals surface area contributed by atoms with Gasteiger partial charge in [-0.05, 0) is 30.7 Å². The lowest BCUT2D eigenvalue weighted by molar-refractivity contribution is 0.307. The van der Waals surface area contributed by atoms with Crippen LogP contribution in [0.4, 0.5) is 0 Å². The molecule has 0 bridgehead atoms. The summed E-state index contributed by atoms with van der Waals surface area (Å²) in [6, 6.07) is 18.2. The molecule has 2 aromatic rings. The Bertz CT molecular complexity index is 607. The summed E-state index contributed by atoms with van der Waals surface area (Å²) in [7, 11) is -3.46. The number of benzene rings is 2. The van der Waals surface area contributed by atoms with Crippen molar-refractivity contribution in [2.45, 2.75) is 11.7 Å². The summed E-state index contributed by atoms with van der Waals surface area (Å²) < 4.78 is 26.6. The highest BCUT2D eigenvalue weighted by molar-refractivity contribution is 7.81. The van der Waals surface area contributed by atoms with Gasteiger partial charge in [0.15, 0.2) is 0 Å². The predicted octanol–water partition coefficient (Wildman–Crippen LogP) is 4.26. The van der Waals surface area contributed by atoms with Gasteiger partial charge in [0.25, 0.3) is 0 Å². The standard InChI is InChI=1S/C16H18NO3PS/c18-21(17-12-11-16(22)13-17,19-14-7-3-1-4-8-14)20-15-9-5-2-6-10-15/h1-10,16,22H,11-13H2/t16-/m0/s1. The normalized spacial score (nSPS) is 19.0. The number of hydrogen-bond donors (Lipinski definition) is 1. The summed E-state index contributed by atoms with van der Waals surface area (Å²) >= 11 is 4.46. The van der Waals surface area contributed by atoms with Crippen molar-refractivity contribution in [3.05, 3.63) is 60.7 Å². The van der Waals surface area contributed by atoms with E-state index in [0.29, 0.717) is 24.6 Å². The van der Waals surface area contributed by atoms with Crippen LogP contribution in [0.5, 0.6) is 11.5 Å². The molecule has 0 spiro atoms. The zero-order valence-corrected chi connectivity index (χ0v) is 13.8. The third-order valence-corrected chi connectivity index (χ3v) is 5.78. The van der Waals surface area contributed by atoms with E-state index in [0.717, 1.165) is 6.42 Å². The molecular weight excluding hydrogens is 317 g/mol. The largest absolute Gasteiger partial charge is 0.515 e. The lowest BCUT2D eigenvalue weighted by Crippen LogP contribution is -2.24. The van der Waals surface area contributed by atoms with Crippen LogP contribution in [0.2, 0.25) is 0 Å². The van der Waals surface area contributed by atoms with E-state index in [2.05, 4.69) is 12.6 Å². The van der Waals surface area contributed by atoms with Crippen molar-refractivity contribution in [3.63, 3.8) is 0 Å². The molecule has 116 valence electrons. The molecule has 1 atom stereocenters. The molecule has 6 heteroatoms. The van der Waals surface area contributed by atoms with E-state index in [-0.39, 0.29) is 5.25 Å². The molecule has 0 aromatic heterocycles. The Labute approximate surface area is 136 Å². The molecule has 1 saturated heterocycles. The Morgan fingerprint density at radius 2 is 1.45 bits per heavy atom. The van der Waals surface area contributed by atoms with Crippen LogP contribution >= 0.6 is 20.4 Å². The Morgan fingerprint density at radius 3 is 1.86 bits per heavy atom. The number of hydrogen-bond acceptors (Lipinski definition) is 4. The molecule has 2 aromatic carbocycles. The van der Waals surface area contributed by atoms with Crippen molar-refractivity contribution in [2.24, 2.45) is 0 Å². The molecule has 0 amide bonds. The van der Waals surface area contributed by atoms with Gasteiger partial charge in [0.05, 0.1) is 0 Å². The quantitative estimate of drug-likeness (QED) is 0.655. The van der Waals surface area contributed by atoms with E-state index in [1.54, 1.807) is 28.9 Å². The van der Waals surface area contributed by atoms with Gasteiger partial charge in [-0.25, -0.2) is 4.57 Å². The fraction of sp³-hybridized carbons (Fsp3) is 0.250. The zero-order chi connectivity index (χ0) is 15.4. The molecule has 0 unspecified atom stereocenters. The molecule has 0 saturated carbocycles. The Hall–Kier alpha value is -1.42. The first-order chi connectivity index (χ1) is 10.7. The lowest BCUT2D eigenvalue weighted by atomic mass is 10.3. The van der Waals surface area contributed by atoms with Crippen LogP contribution in [0.1, 0.15) is 6.42 Å². The first-order valence-corrected chi connectivity index (χ1v) is 9.20. The predicted molar refractivity (Wildman–Crippen MR) is 90.7 cm³/mol. The first kappa shape index (κ1) is 15.5. The minimum Gasteiger partial charge on any atom is -0.404 e. The lowest BCUT2D eigenvalue weighted by Gasteiger charge is -2.26. The Morgan fingerprint density at radius 1 is 0.955 bits per heavy atom. The second kappa shape index (κ2) is 6.78. The van der Waals surface area contributed by atoms with Crippen molar-refractivity contribution in [3.8, 4) is 11.5 Å². The molecule has 3 rings (SSSR count). The van der Waals surface area contributed by atoms with E-state index >= 15 is 0 Å². The smallest absolute Gasteiger partial charge is 0.404 e. The maximum absolute atomic E-state index is 13.3. The first-order valence-electron chi connectivity index (χ1n) is 7.18. The van der Waals surface area contributed by atoms with Crippen LogP contribution in [0.15, 0.2) is 60.7 Å². The summed E-state index contributed by atoms with van der Waals surface area (Å²) in [5, 5.41) is 0.187. The van der Waals surface area contributed by atoms with E-state index < -0.39 is 7.75 Å². The molecule has 0 aliphatic carbocycles. The average molecular weight is 335 g/mol. The molecule has 4 nitrogen and oxygen atoms in total. The monoisotopic (exact) mass is 335 g/mol. The third-order valence-electron chi connectivity index (χ3n) is 3.42. The Balaban J connectivity index is 1.86. The van der Waals surface area contributed by atoms with Gasteiger partial charge >= 0.3 is 7.75 Å². The summed E-state index contributed by atoms with van der Waals surface area (Å²) in [4.78, 5) is 0. The number of rotatable bonds is 5. The maximum Gasteiger partial charge on any atom is 0.515 e. The van der Waals surface area contributed by atoms with Gasteiger partial charge in [-0.15, -0.1) is 0 Å². The molecule has 1 aliphatic heterocycles. The molecule has 0 N–H and O–H groups in total. The van der Waals surface area contributed by atoms with Gasteiger partial charge in [-0.2, -0.15) is 17.3 Å². The molecular formula is C16H18NO3PS. The minimum absolute atomic E-state index is 0.187. The summed E-state index contributed by atoms with van der Waals surface area (Å²) in [5.41, 5.74) is 0. The van der Waals surface area contributed by atoms with Gasteiger partial charge in [-0.3, -0.25) is 0 Å². The van der Waals surface area contributed by atoms with Crippen LogP contribution < -0.4 is 9.05 Å². The molecule has 1 fully saturated rings. The highest BCUT2D eigenvalue weighted by Gasteiger charge is 2.41. The van der Waals surface area contributed by atoms with E-state index in [1.165, 1.54) is 0 Å². The summed E-state index contributed by atoms with van der Waals surface area (Å²) in [6.07, 6.45) is 0.864. The van der Waals surface area contributed by atoms with Crippen LogP contribution in [0.3, 0.4) is 0 Å². The number of nitrogens with zero attached hydrogens (tertiary/aromatic N) is 1. The highest BCUT2D eigenvalue weighted by Crippen LogP contribution is 2.53. The van der Waals surface area contributed by atoms with Crippen LogP contribution in [0.25, 0.3) is 0 Å². The topological polar surface area (TPSA) is 38.8 Å². The van der Waals surface area contributed by atoms with Crippen molar-refractivity contribution >= 4 is 20.4 Å². The minimum atomic E-state index is -3.46. The number of thiol groups is 1. The van der Waals surface area contributed by atoms with Gasteiger partial charge in [0.2, 0.25) is 0 Å². The highest BCUT2D eigenvalue weighted by atomic mass is 32.1. The summed E-state index contributed by atoms with van der Waals surface area (Å²) in [5.74, 6) is 1.06. The van der Waals surface area contributed by atoms with Crippen LogP contribution in [-0.4, -0.2) is 23.0 Å². The summed E-state index contributed by atoms with van der Waals surface area (Å²) in [6.45, 7) is 1.23. The maximum atomic E-state index is 13.3. The van der Waals surface area contributed by atoms with Crippen molar-refractivity contribution in [2.75, 3.05) is 13.1 Å². The average Bonchev–Trinajstić information content (AvgIpc) is 2.96. The molecule has 0 radical (unpaired) electrons. The van der Waals surface area contributed by atoms with E-state index in [4.69, 9.17) is 9.05 Å². The SMILES string of the molecule is O=P(Oc1ccccc1)(Oc1ccccc1)N1CC[C@H](S)C1. The third kappa shape index (κ3) is 3.67. The van der Waals surface area contributed by atoms with Crippen molar-refractivity contribution in [1.82, 2.24) is 4.67 Å². The second-order valence-electron chi connectivity index (χ2n) is 5.13. The Kier molecular flexibility index (Phi) is 4.77. The van der Waals surface area contributed by atoms with E-state index in [9.17, 15) is 4.57 Å². The second-order valence-corrected chi connectivity index (χ2v) is 7.73. The number of para-hydroxylation sites is 2. The van der Waals surface area contributed by atoms with Crippen molar-refractivity contribution in [1.29, 1.82) is 0 Å². The zero-order valence-electron chi connectivity index (χ0n) is 12.0. The van der Waals surface area contributed by atoms with Crippen LogP contribution in [0, 0.1) is 0 Å². The van der Waals surface area contributed by atoms with Gasteiger partial charge in [0.1, 0.15) is 11.5 Å². The van der Waals surface area contributed by atoms with Gasteiger partial charge in [-0.1, -0.05) is 36.4 Å². The van der Waals surface area contributed by atoms with Crippen molar-refractivity contribution < 1.29 is 13.6 Å². The fourth-order valence-electron chi connectivity index (χ4n) is 2.31. The molecule has 1 heterocycles. The fourth-order valence-corrected chi connectivity index (χ4v) is 4.55. The van der Waals surface area contributed by atoms with Crippen LogP contribution in [-0.2, 0) is 4.57 Å². The van der Waals surface area contributed by atoms with Gasteiger partial charge in [0, 0.05) is 18.3 Å². The molecule has 1 aliphatic rings.